The average Bonchev–Trinajstić information content (AvgIpc) is 2.81. The molecule has 3 rings (SSSR count). The fourth-order valence-corrected chi connectivity index (χ4v) is 2.13. The minimum atomic E-state index is 0.638. The zero-order valence-electron chi connectivity index (χ0n) is 9.19. The number of pyridine rings is 1. The molecule has 0 spiro atoms. The number of ether oxygens (including phenoxy) is 1. The SMILES string of the molecule is Cc1cc2c(c(-c3ccco3)n1)COCC2. The average molecular weight is 215 g/mol. The minimum absolute atomic E-state index is 0.638. The predicted octanol–water partition coefficient (Wildman–Crippen LogP) is 2.72. The van der Waals surface area contributed by atoms with E-state index in [1.165, 1.54) is 11.1 Å². The molecular weight excluding hydrogens is 202 g/mol. The van der Waals surface area contributed by atoms with Gasteiger partial charge in [-0.15, -0.1) is 0 Å². The molecule has 0 radical (unpaired) electrons. The summed E-state index contributed by atoms with van der Waals surface area (Å²) in [7, 11) is 0. The molecular formula is C13H13NO2. The van der Waals surface area contributed by atoms with Gasteiger partial charge in [-0.05, 0) is 37.1 Å². The van der Waals surface area contributed by atoms with Crippen molar-refractivity contribution in [1.82, 2.24) is 4.98 Å². The van der Waals surface area contributed by atoms with Crippen LogP contribution in [0.15, 0.2) is 28.9 Å². The summed E-state index contributed by atoms with van der Waals surface area (Å²) in [5.41, 5.74) is 4.48. The first-order valence-corrected chi connectivity index (χ1v) is 5.45. The highest BCUT2D eigenvalue weighted by atomic mass is 16.5. The van der Waals surface area contributed by atoms with Crippen LogP contribution in [-0.2, 0) is 17.8 Å². The highest BCUT2D eigenvalue weighted by Gasteiger charge is 2.18. The summed E-state index contributed by atoms with van der Waals surface area (Å²) in [6.45, 7) is 3.45. The number of nitrogens with zero attached hydrogens (tertiary/aromatic N) is 1. The normalized spacial score (nSPS) is 14.8. The monoisotopic (exact) mass is 215 g/mol. The molecule has 0 aromatic carbocycles. The predicted molar refractivity (Wildman–Crippen MR) is 60.0 cm³/mol. The zero-order valence-corrected chi connectivity index (χ0v) is 9.19. The van der Waals surface area contributed by atoms with Crippen LogP contribution in [-0.4, -0.2) is 11.6 Å². The molecule has 0 unspecified atom stereocenters. The number of aryl methyl sites for hydroxylation is 1. The van der Waals surface area contributed by atoms with Crippen molar-refractivity contribution in [3.63, 3.8) is 0 Å². The molecule has 0 fully saturated rings. The lowest BCUT2D eigenvalue weighted by Gasteiger charge is -2.19. The zero-order chi connectivity index (χ0) is 11.0. The van der Waals surface area contributed by atoms with Crippen molar-refractivity contribution in [2.45, 2.75) is 20.0 Å². The lowest BCUT2D eigenvalue weighted by Crippen LogP contribution is -2.12. The van der Waals surface area contributed by atoms with Crippen LogP contribution < -0.4 is 0 Å². The molecule has 0 saturated heterocycles. The largest absolute Gasteiger partial charge is 0.463 e. The maximum atomic E-state index is 5.49. The van der Waals surface area contributed by atoms with Crippen LogP contribution in [0.5, 0.6) is 0 Å². The number of furan rings is 1. The van der Waals surface area contributed by atoms with Gasteiger partial charge in [-0.3, -0.25) is 0 Å². The number of hydrogen-bond donors (Lipinski definition) is 0. The van der Waals surface area contributed by atoms with Gasteiger partial charge in [-0.2, -0.15) is 0 Å². The summed E-state index contributed by atoms with van der Waals surface area (Å²) >= 11 is 0. The topological polar surface area (TPSA) is 35.3 Å². The molecule has 0 amide bonds. The van der Waals surface area contributed by atoms with Gasteiger partial charge in [0.05, 0.1) is 19.5 Å². The van der Waals surface area contributed by atoms with Gasteiger partial charge < -0.3 is 9.15 Å². The Morgan fingerprint density at radius 3 is 3.12 bits per heavy atom. The summed E-state index contributed by atoms with van der Waals surface area (Å²) in [6.07, 6.45) is 2.64. The van der Waals surface area contributed by atoms with Gasteiger partial charge >= 0.3 is 0 Å². The Morgan fingerprint density at radius 2 is 2.31 bits per heavy atom. The van der Waals surface area contributed by atoms with E-state index in [4.69, 9.17) is 9.15 Å². The van der Waals surface area contributed by atoms with Crippen molar-refractivity contribution in [3.05, 3.63) is 41.3 Å². The molecule has 3 nitrogen and oxygen atoms in total. The third-order valence-corrected chi connectivity index (χ3v) is 2.86. The molecule has 0 saturated carbocycles. The van der Waals surface area contributed by atoms with Gasteiger partial charge in [0.1, 0.15) is 5.69 Å². The van der Waals surface area contributed by atoms with E-state index in [1.54, 1.807) is 6.26 Å². The number of fused-ring (bicyclic) bond motifs is 1. The molecule has 82 valence electrons. The molecule has 0 aliphatic carbocycles. The maximum absolute atomic E-state index is 5.49. The third kappa shape index (κ3) is 1.53. The van der Waals surface area contributed by atoms with E-state index in [9.17, 15) is 0 Å². The van der Waals surface area contributed by atoms with Crippen LogP contribution in [0.25, 0.3) is 11.5 Å². The molecule has 0 atom stereocenters. The summed E-state index contributed by atoms with van der Waals surface area (Å²) in [4.78, 5) is 4.56. The Hall–Kier alpha value is -1.61. The second kappa shape index (κ2) is 3.76. The quantitative estimate of drug-likeness (QED) is 0.733. The summed E-state index contributed by atoms with van der Waals surface area (Å²) in [6, 6.07) is 5.97. The Morgan fingerprint density at radius 1 is 1.38 bits per heavy atom. The van der Waals surface area contributed by atoms with Gasteiger partial charge in [-0.1, -0.05) is 0 Å². The fraction of sp³-hybridized carbons (Fsp3) is 0.308. The first-order valence-electron chi connectivity index (χ1n) is 5.45. The van der Waals surface area contributed by atoms with Gasteiger partial charge in [-0.25, -0.2) is 4.98 Å². The molecule has 2 aromatic rings. The van der Waals surface area contributed by atoms with Crippen LogP contribution in [0, 0.1) is 6.92 Å². The van der Waals surface area contributed by atoms with Gasteiger partial charge in [0.15, 0.2) is 5.76 Å². The van der Waals surface area contributed by atoms with Crippen molar-refractivity contribution < 1.29 is 9.15 Å². The van der Waals surface area contributed by atoms with Gasteiger partial charge in [0, 0.05) is 11.3 Å². The van der Waals surface area contributed by atoms with E-state index >= 15 is 0 Å². The Bertz CT molecular complexity index is 503. The van der Waals surface area contributed by atoms with E-state index < -0.39 is 0 Å². The van der Waals surface area contributed by atoms with Crippen molar-refractivity contribution in [2.24, 2.45) is 0 Å². The molecule has 1 aliphatic heterocycles. The van der Waals surface area contributed by atoms with Crippen molar-refractivity contribution in [3.8, 4) is 11.5 Å². The second-order valence-corrected chi connectivity index (χ2v) is 4.03. The van der Waals surface area contributed by atoms with E-state index in [1.807, 2.05) is 19.1 Å². The molecule has 1 aliphatic rings. The molecule has 3 heterocycles. The lowest BCUT2D eigenvalue weighted by molar-refractivity contribution is 0.110. The van der Waals surface area contributed by atoms with Crippen LogP contribution >= 0.6 is 0 Å². The van der Waals surface area contributed by atoms with Crippen LogP contribution in [0.3, 0.4) is 0 Å². The van der Waals surface area contributed by atoms with E-state index in [2.05, 4.69) is 11.1 Å². The lowest BCUT2D eigenvalue weighted by atomic mass is 10.00. The number of rotatable bonds is 1. The van der Waals surface area contributed by atoms with Crippen LogP contribution in [0.4, 0.5) is 0 Å². The molecule has 3 heteroatoms. The van der Waals surface area contributed by atoms with Gasteiger partial charge in [0.25, 0.3) is 0 Å². The molecule has 0 bridgehead atoms. The Balaban J connectivity index is 2.20. The number of hydrogen-bond acceptors (Lipinski definition) is 3. The summed E-state index contributed by atoms with van der Waals surface area (Å²) in [5.74, 6) is 0.824. The highest BCUT2D eigenvalue weighted by Crippen LogP contribution is 2.28. The van der Waals surface area contributed by atoms with Gasteiger partial charge in [0.2, 0.25) is 0 Å². The van der Waals surface area contributed by atoms with Crippen LogP contribution in [0.1, 0.15) is 16.8 Å². The summed E-state index contributed by atoms with van der Waals surface area (Å²) in [5, 5.41) is 0. The Kier molecular flexibility index (Phi) is 2.26. The molecule has 16 heavy (non-hydrogen) atoms. The smallest absolute Gasteiger partial charge is 0.152 e. The third-order valence-electron chi connectivity index (χ3n) is 2.86. The highest BCUT2D eigenvalue weighted by molar-refractivity contribution is 5.59. The molecule has 2 aromatic heterocycles. The van der Waals surface area contributed by atoms with E-state index in [0.717, 1.165) is 30.2 Å². The molecule has 0 N–H and O–H groups in total. The first-order chi connectivity index (χ1) is 7.84. The van der Waals surface area contributed by atoms with Crippen LogP contribution in [0.2, 0.25) is 0 Å². The van der Waals surface area contributed by atoms with E-state index in [-0.39, 0.29) is 0 Å². The maximum Gasteiger partial charge on any atom is 0.152 e. The second-order valence-electron chi connectivity index (χ2n) is 4.03. The first kappa shape index (κ1) is 9.60. The van der Waals surface area contributed by atoms with E-state index in [0.29, 0.717) is 6.61 Å². The number of aromatic nitrogens is 1. The van der Waals surface area contributed by atoms with Crippen molar-refractivity contribution in [2.75, 3.05) is 6.61 Å². The minimum Gasteiger partial charge on any atom is -0.463 e. The Labute approximate surface area is 94.1 Å². The summed E-state index contributed by atoms with van der Waals surface area (Å²) < 4.78 is 10.9. The standard InChI is InChI=1S/C13H13NO2/c1-9-7-10-4-6-15-8-11(10)13(14-9)12-3-2-5-16-12/h2-3,5,7H,4,6,8H2,1H3. The van der Waals surface area contributed by atoms with Crippen molar-refractivity contribution >= 4 is 0 Å². The van der Waals surface area contributed by atoms with Crippen molar-refractivity contribution in [1.29, 1.82) is 0 Å². The fourth-order valence-electron chi connectivity index (χ4n) is 2.13.